The maximum Gasteiger partial charge on any atom is 0.262 e. The molecule has 1 fully saturated rings. The molecule has 8 nitrogen and oxygen atoms in total. The van der Waals surface area contributed by atoms with Crippen molar-refractivity contribution >= 4 is 10.0 Å². The van der Waals surface area contributed by atoms with Gasteiger partial charge in [-0.25, -0.2) is 22.2 Å². The molecular weight excluding hydrogens is 366 g/mol. The highest BCUT2D eigenvalue weighted by Crippen LogP contribution is 2.18. The predicted octanol–water partition coefficient (Wildman–Crippen LogP) is 0.697. The number of hydrogen-bond acceptors (Lipinski definition) is 5. The largest absolute Gasteiger partial charge is 0.337 e. The van der Waals surface area contributed by atoms with Crippen molar-refractivity contribution in [2.75, 3.05) is 26.2 Å². The Balaban J connectivity index is 1.58. The Kier molecular flexibility index (Phi) is 5.39. The lowest BCUT2D eigenvalue weighted by molar-refractivity contribution is 0.121. The quantitative estimate of drug-likeness (QED) is 0.728. The molecule has 0 aliphatic carbocycles. The second-order valence-corrected chi connectivity index (χ2v) is 8.26. The van der Waals surface area contributed by atoms with Gasteiger partial charge in [0.1, 0.15) is 12.4 Å². The molecule has 0 N–H and O–H groups in total. The first-order valence-electron chi connectivity index (χ1n) is 8.27. The van der Waals surface area contributed by atoms with Crippen molar-refractivity contribution in [2.45, 2.75) is 31.5 Å². The summed E-state index contributed by atoms with van der Waals surface area (Å²) in [4.78, 5) is 6.20. The zero-order chi connectivity index (χ0) is 18.9. The van der Waals surface area contributed by atoms with Gasteiger partial charge in [0.2, 0.25) is 0 Å². The van der Waals surface area contributed by atoms with Gasteiger partial charge < -0.3 is 4.57 Å². The lowest BCUT2D eigenvalue weighted by Gasteiger charge is -2.33. The average Bonchev–Trinajstić information content (AvgIpc) is 3.14. The Morgan fingerprint density at radius 1 is 1.19 bits per heavy atom. The van der Waals surface area contributed by atoms with Crippen molar-refractivity contribution in [3.8, 4) is 0 Å². The first-order chi connectivity index (χ1) is 12.3. The van der Waals surface area contributed by atoms with Crippen LogP contribution in [-0.2, 0) is 30.2 Å². The van der Waals surface area contributed by atoms with Gasteiger partial charge in [-0.1, -0.05) is 0 Å². The van der Waals surface area contributed by atoms with E-state index in [2.05, 4.69) is 15.0 Å². The van der Waals surface area contributed by atoms with E-state index in [1.165, 1.54) is 15.2 Å². The van der Waals surface area contributed by atoms with Crippen LogP contribution in [0.4, 0.5) is 8.78 Å². The third kappa shape index (κ3) is 4.10. The standard InChI is InChI=1S/C15H22F2N6O2S/c1-12-19-15(11-20(12)2)26(24,25)23-5-3-21(4-6-23)8-13-7-18-22(9-13)10-14(16)17/h7,9,11,14H,3-6,8,10H2,1-2H3. The van der Waals surface area contributed by atoms with E-state index in [-0.39, 0.29) is 5.03 Å². The number of rotatable bonds is 6. The summed E-state index contributed by atoms with van der Waals surface area (Å²) < 4.78 is 54.4. The molecule has 26 heavy (non-hydrogen) atoms. The van der Waals surface area contributed by atoms with E-state index < -0.39 is 23.0 Å². The smallest absolute Gasteiger partial charge is 0.262 e. The minimum absolute atomic E-state index is 0.0687. The highest BCUT2D eigenvalue weighted by Gasteiger charge is 2.30. The molecule has 0 radical (unpaired) electrons. The van der Waals surface area contributed by atoms with Gasteiger partial charge in [0.25, 0.3) is 16.4 Å². The van der Waals surface area contributed by atoms with Gasteiger partial charge in [0, 0.05) is 57.7 Å². The number of alkyl halides is 2. The van der Waals surface area contributed by atoms with Crippen molar-refractivity contribution in [2.24, 2.45) is 7.05 Å². The number of sulfonamides is 1. The van der Waals surface area contributed by atoms with Crippen molar-refractivity contribution < 1.29 is 17.2 Å². The summed E-state index contributed by atoms with van der Waals surface area (Å²) in [5.41, 5.74) is 0.835. The third-order valence-electron chi connectivity index (χ3n) is 4.44. The van der Waals surface area contributed by atoms with Crippen molar-refractivity contribution in [3.63, 3.8) is 0 Å². The molecule has 2 aromatic rings. The monoisotopic (exact) mass is 388 g/mol. The van der Waals surface area contributed by atoms with Crippen LogP contribution >= 0.6 is 0 Å². The fraction of sp³-hybridized carbons (Fsp3) is 0.600. The molecule has 0 spiro atoms. The number of aromatic nitrogens is 4. The van der Waals surface area contributed by atoms with Crippen LogP contribution in [0, 0.1) is 6.92 Å². The minimum Gasteiger partial charge on any atom is -0.337 e. The van der Waals surface area contributed by atoms with Crippen molar-refractivity contribution in [1.29, 1.82) is 0 Å². The predicted molar refractivity (Wildman–Crippen MR) is 90.2 cm³/mol. The van der Waals surface area contributed by atoms with Gasteiger partial charge in [-0.3, -0.25) is 9.58 Å². The Hall–Kier alpha value is -1.85. The molecule has 1 saturated heterocycles. The van der Waals surface area contributed by atoms with Crippen LogP contribution in [0.5, 0.6) is 0 Å². The first-order valence-corrected chi connectivity index (χ1v) is 9.71. The second-order valence-electron chi connectivity index (χ2n) is 6.38. The zero-order valence-electron chi connectivity index (χ0n) is 14.7. The summed E-state index contributed by atoms with van der Waals surface area (Å²) in [6.45, 7) is 3.74. The van der Waals surface area contributed by atoms with Crippen molar-refractivity contribution in [3.05, 3.63) is 30.0 Å². The van der Waals surface area contributed by atoms with Crippen LogP contribution in [-0.4, -0.2) is 69.6 Å². The maximum absolute atomic E-state index is 12.7. The van der Waals surface area contributed by atoms with E-state index in [1.54, 1.807) is 30.9 Å². The minimum atomic E-state index is -3.59. The Labute approximate surface area is 151 Å². The number of aryl methyl sites for hydroxylation is 2. The summed E-state index contributed by atoms with van der Waals surface area (Å²) in [5.74, 6) is 0.642. The van der Waals surface area contributed by atoms with E-state index in [4.69, 9.17) is 0 Å². The number of nitrogens with zero attached hydrogens (tertiary/aromatic N) is 6. The summed E-state index contributed by atoms with van der Waals surface area (Å²) in [7, 11) is -1.84. The van der Waals surface area contributed by atoms with Gasteiger partial charge >= 0.3 is 0 Å². The van der Waals surface area contributed by atoms with E-state index in [0.29, 0.717) is 38.5 Å². The van der Waals surface area contributed by atoms with Gasteiger partial charge in [0.15, 0.2) is 5.03 Å². The van der Waals surface area contributed by atoms with E-state index in [9.17, 15) is 17.2 Å². The van der Waals surface area contributed by atoms with Crippen LogP contribution in [0.25, 0.3) is 0 Å². The fourth-order valence-corrected chi connectivity index (χ4v) is 4.35. The molecule has 0 amide bonds. The van der Waals surface area contributed by atoms with Crippen LogP contribution in [0.3, 0.4) is 0 Å². The lowest BCUT2D eigenvalue weighted by Crippen LogP contribution is -2.48. The normalized spacial score (nSPS) is 17.3. The molecule has 0 bridgehead atoms. The summed E-state index contributed by atoms with van der Waals surface area (Å²) in [5, 5.41) is 3.99. The number of imidazole rings is 1. The molecule has 0 aromatic carbocycles. The van der Waals surface area contributed by atoms with Gasteiger partial charge in [-0.15, -0.1) is 0 Å². The molecule has 144 valence electrons. The number of piperazine rings is 1. The SMILES string of the molecule is Cc1nc(S(=O)(=O)N2CCN(Cc3cnn(CC(F)F)c3)CC2)cn1C. The zero-order valence-corrected chi connectivity index (χ0v) is 15.5. The van der Waals surface area contributed by atoms with Crippen LogP contribution < -0.4 is 0 Å². The molecular formula is C15H22F2N6O2S. The fourth-order valence-electron chi connectivity index (χ4n) is 2.90. The number of halogens is 2. The summed E-state index contributed by atoms with van der Waals surface area (Å²) in [6, 6.07) is 0. The van der Waals surface area contributed by atoms with Crippen LogP contribution in [0.1, 0.15) is 11.4 Å². The molecule has 0 atom stereocenters. The van der Waals surface area contributed by atoms with Crippen LogP contribution in [0.2, 0.25) is 0 Å². The second kappa shape index (κ2) is 7.41. The molecule has 0 unspecified atom stereocenters. The maximum atomic E-state index is 12.7. The molecule has 3 heterocycles. The summed E-state index contributed by atoms with van der Waals surface area (Å²) >= 11 is 0. The highest BCUT2D eigenvalue weighted by atomic mass is 32.2. The van der Waals surface area contributed by atoms with Crippen LogP contribution in [0.15, 0.2) is 23.6 Å². The van der Waals surface area contributed by atoms with E-state index in [0.717, 1.165) is 5.56 Å². The van der Waals surface area contributed by atoms with E-state index in [1.807, 2.05) is 0 Å². The summed E-state index contributed by atoms with van der Waals surface area (Å²) in [6.07, 6.45) is 2.26. The Morgan fingerprint density at radius 2 is 1.88 bits per heavy atom. The molecule has 11 heteroatoms. The molecule has 3 rings (SSSR count). The van der Waals surface area contributed by atoms with Gasteiger partial charge in [-0.05, 0) is 6.92 Å². The third-order valence-corrected chi connectivity index (χ3v) is 6.21. The van der Waals surface area contributed by atoms with Crippen molar-refractivity contribution in [1.82, 2.24) is 28.5 Å². The first kappa shape index (κ1) is 18.9. The topological polar surface area (TPSA) is 76.3 Å². The average molecular weight is 388 g/mol. The Bertz CT molecular complexity index is 836. The molecule has 0 saturated carbocycles. The van der Waals surface area contributed by atoms with E-state index >= 15 is 0 Å². The molecule has 1 aliphatic rings. The number of hydrogen-bond donors (Lipinski definition) is 0. The highest BCUT2D eigenvalue weighted by molar-refractivity contribution is 7.89. The van der Waals surface area contributed by atoms with Gasteiger partial charge in [-0.2, -0.15) is 9.40 Å². The lowest BCUT2D eigenvalue weighted by atomic mass is 10.3. The van der Waals surface area contributed by atoms with Gasteiger partial charge in [0.05, 0.1) is 6.20 Å². The molecule has 2 aromatic heterocycles. The Morgan fingerprint density at radius 3 is 2.46 bits per heavy atom. The molecule has 1 aliphatic heterocycles.